The van der Waals surface area contributed by atoms with Crippen molar-refractivity contribution in [3.8, 4) is 0 Å². The van der Waals surface area contributed by atoms with Crippen LogP contribution in [0.2, 0.25) is 0 Å². The maximum absolute atomic E-state index is 12.1. The molecule has 1 unspecified atom stereocenters. The molecule has 0 aliphatic rings. The Labute approximate surface area is 128 Å². The zero-order valence-corrected chi connectivity index (χ0v) is 13.4. The molecule has 0 aliphatic carbocycles. The van der Waals surface area contributed by atoms with Crippen molar-refractivity contribution in [2.75, 3.05) is 0 Å². The number of rotatable bonds is 3. The largest absolute Gasteiger partial charge is 0.344 e. The Morgan fingerprint density at radius 1 is 1.16 bits per heavy atom. The lowest BCUT2D eigenvalue weighted by Gasteiger charge is -2.15. The topological polar surface area (TPSA) is 42.0 Å². The Morgan fingerprint density at radius 2 is 1.89 bits per heavy atom. The van der Waals surface area contributed by atoms with Crippen LogP contribution >= 0.6 is 31.9 Å². The summed E-state index contributed by atoms with van der Waals surface area (Å²) in [4.78, 5) is 16.2. The van der Waals surface area contributed by atoms with Gasteiger partial charge in [0.1, 0.15) is 10.3 Å². The van der Waals surface area contributed by atoms with E-state index in [0.29, 0.717) is 10.3 Å². The summed E-state index contributed by atoms with van der Waals surface area (Å²) in [5.41, 5.74) is 1.43. The van der Waals surface area contributed by atoms with Gasteiger partial charge < -0.3 is 5.32 Å². The molecular formula is C14H12Br2N2O. The van der Waals surface area contributed by atoms with Crippen LogP contribution in [0.5, 0.6) is 0 Å². The molecular weight excluding hydrogens is 372 g/mol. The van der Waals surface area contributed by atoms with Crippen molar-refractivity contribution < 1.29 is 4.79 Å². The third-order valence-electron chi connectivity index (χ3n) is 2.67. The van der Waals surface area contributed by atoms with E-state index in [4.69, 9.17) is 0 Å². The predicted octanol–water partition coefficient (Wildman–Crippen LogP) is 4.10. The van der Waals surface area contributed by atoms with Crippen LogP contribution in [0.15, 0.2) is 51.5 Å². The number of hydrogen-bond donors (Lipinski definition) is 1. The van der Waals surface area contributed by atoms with Crippen molar-refractivity contribution in [1.29, 1.82) is 0 Å². The van der Waals surface area contributed by atoms with E-state index in [0.717, 1.165) is 10.0 Å². The Kier molecular flexibility index (Phi) is 4.71. The van der Waals surface area contributed by atoms with Gasteiger partial charge in [0.2, 0.25) is 0 Å². The maximum atomic E-state index is 12.1. The lowest BCUT2D eigenvalue weighted by molar-refractivity contribution is 0.0934. The van der Waals surface area contributed by atoms with E-state index in [9.17, 15) is 4.79 Å². The van der Waals surface area contributed by atoms with Gasteiger partial charge in [0, 0.05) is 4.47 Å². The summed E-state index contributed by atoms with van der Waals surface area (Å²) in [6.07, 6.45) is 0. The maximum Gasteiger partial charge on any atom is 0.270 e. The highest BCUT2D eigenvalue weighted by atomic mass is 79.9. The number of nitrogens with one attached hydrogen (secondary N) is 1. The van der Waals surface area contributed by atoms with Crippen LogP contribution in [0.25, 0.3) is 0 Å². The fraction of sp³-hybridized carbons (Fsp3) is 0.143. The van der Waals surface area contributed by atoms with Crippen LogP contribution in [-0.2, 0) is 0 Å². The van der Waals surface area contributed by atoms with Crippen molar-refractivity contribution >= 4 is 37.8 Å². The van der Waals surface area contributed by atoms with Crippen LogP contribution < -0.4 is 5.32 Å². The number of halogens is 2. The van der Waals surface area contributed by atoms with Crippen LogP contribution in [0.3, 0.4) is 0 Å². The molecule has 98 valence electrons. The van der Waals surface area contributed by atoms with E-state index < -0.39 is 0 Å². The first-order valence-corrected chi connectivity index (χ1v) is 7.34. The summed E-state index contributed by atoms with van der Waals surface area (Å²) in [6.45, 7) is 1.94. The molecule has 0 aliphatic heterocycles. The molecule has 0 radical (unpaired) electrons. The third kappa shape index (κ3) is 3.64. The molecule has 2 aromatic rings. The Morgan fingerprint density at radius 3 is 2.58 bits per heavy atom. The van der Waals surface area contributed by atoms with Gasteiger partial charge in [-0.25, -0.2) is 4.98 Å². The summed E-state index contributed by atoms with van der Waals surface area (Å²) in [5.74, 6) is -0.190. The van der Waals surface area contributed by atoms with E-state index in [1.54, 1.807) is 18.2 Å². The monoisotopic (exact) mass is 382 g/mol. The minimum atomic E-state index is -0.190. The molecule has 2 rings (SSSR count). The Bertz CT molecular complexity index is 602. The third-order valence-corrected chi connectivity index (χ3v) is 3.83. The average Bonchev–Trinajstić information content (AvgIpc) is 2.39. The molecule has 1 amide bonds. The molecule has 0 spiro atoms. The number of amides is 1. The van der Waals surface area contributed by atoms with E-state index in [-0.39, 0.29) is 11.9 Å². The van der Waals surface area contributed by atoms with Gasteiger partial charge in [0.25, 0.3) is 5.91 Å². The molecule has 0 saturated carbocycles. The second-order valence-corrected chi connectivity index (χ2v) is 5.73. The quantitative estimate of drug-likeness (QED) is 0.810. The molecule has 1 atom stereocenters. The average molecular weight is 384 g/mol. The molecule has 0 bridgehead atoms. The highest BCUT2D eigenvalue weighted by Crippen LogP contribution is 2.22. The molecule has 0 fully saturated rings. The van der Waals surface area contributed by atoms with Gasteiger partial charge >= 0.3 is 0 Å². The number of aromatic nitrogens is 1. The molecule has 0 saturated heterocycles. The molecule has 1 N–H and O–H groups in total. The van der Waals surface area contributed by atoms with Crippen LogP contribution in [-0.4, -0.2) is 10.9 Å². The predicted molar refractivity (Wildman–Crippen MR) is 82.0 cm³/mol. The lowest BCUT2D eigenvalue weighted by Crippen LogP contribution is -2.27. The molecule has 1 heterocycles. The molecule has 5 heteroatoms. The molecule has 19 heavy (non-hydrogen) atoms. The Balaban J connectivity index is 2.13. The van der Waals surface area contributed by atoms with Crippen molar-refractivity contribution in [3.63, 3.8) is 0 Å². The van der Waals surface area contributed by atoms with Crippen molar-refractivity contribution in [1.82, 2.24) is 10.3 Å². The van der Waals surface area contributed by atoms with Gasteiger partial charge in [-0.15, -0.1) is 0 Å². The second kappa shape index (κ2) is 6.30. The first-order chi connectivity index (χ1) is 9.08. The number of hydrogen-bond acceptors (Lipinski definition) is 2. The van der Waals surface area contributed by atoms with Gasteiger partial charge in [0.05, 0.1) is 6.04 Å². The van der Waals surface area contributed by atoms with Crippen molar-refractivity contribution in [2.24, 2.45) is 0 Å². The van der Waals surface area contributed by atoms with Crippen molar-refractivity contribution in [3.05, 3.63) is 62.8 Å². The van der Waals surface area contributed by atoms with Gasteiger partial charge in [0.15, 0.2) is 0 Å². The standard InChI is InChI=1S/C14H12Br2N2O/c1-9(10-5-2-3-6-11(10)15)17-14(19)12-7-4-8-13(16)18-12/h2-9H,1H3,(H,17,19). The number of nitrogens with zero attached hydrogens (tertiary/aromatic N) is 1. The van der Waals surface area contributed by atoms with E-state index in [1.165, 1.54) is 0 Å². The first-order valence-electron chi connectivity index (χ1n) is 5.76. The summed E-state index contributed by atoms with van der Waals surface area (Å²) in [5, 5.41) is 2.93. The first kappa shape index (κ1) is 14.2. The van der Waals surface area contributed by atoms with Crippen LogP contribution in [0.4, 0.5) is 0 Å². The molecule has 3 nitrogen and oxygen atoms in total. The summed E-state index contributed by atoms with van der Waals surface area (Å²) < 4.78 is 1.62. The second-order valence-electron chi connectivity index (χ2n) is 4.06. The van der Waals surface area contributed by atoms with E-state index in [1.807, 2.05) is 31.2 Å². The zero-order valence-electron chi connectivity index (χ0n) is 10.2. The fourth-order valence-corrected chi connectivity index (χ4v) is 2.68. The van der Waals surface area contributed by atoms with E-state index >= 15 is 0 Å². The number of pyridine rings is 1. The zero-order chi connectivity index (χ0) is 13.8. The van der Waals surface area contributed by atoms with Gasteiger partial charge in [-0.1, -0.05) is 40.2 Å². The number of carbonyl (C=O) groups is 1. The smallest absolute Gasteiger partial charge is 0.270 e. The fourth-order valence-electron chi connectivity index (χ4n) is 1.71. The van der Waals surface area contributed by atoms with Gasteiger partial charge in [-0.05, 0) is 46.6 Å². The highest BCUT2D eigenvalue weighted by Gasteiger charge is 2.14. The summed E-state index contributed by atoms with van der Waals surface area (Å²) in [6, 6.07) is 13.0. The van der Waals surface area contributed by atoms with Crippen LogP contribution in [0, 0.1) is 0 Å². The lowest BCUT2D eigenvalue weighted by atomic mass is 10.1. The number of carbonyl (C=O) groups excluding carboxylic acids is 1. The highest BCUT2D eigenvalue weighted by molar-refractivity contribution is 9.10. The molecule has 1 aromatic carbocycles. The SMILES string of the molecule is CC(NC(=O)c1cccc(Br)n1)c1ccccc1Br. The van der Waals surface area contributed by atoms with Gasteiger partial charge in [-0.3, -0.25) is 4.79 Å². The van der Waals surface area contributed by atoms with Gasteiger partial charge in [-0.2, -0.15) is 0 Å². The Hall–Kier alpha value is -1.20. The minimum absolute atomic E-state index is 0.0937. The number of benzene rings is 1. The summed E-state index contributed by atoms with van der Waals surface area (Å²) >= 11 is 6.73. The summed E-state index contributed by atoms with van der Waals surface area (Å²) in [7, 11) is 0. The van der Waals surface area contributed by atoms with Crippen LogP contribution in [0.1, 0.15) is 29.0 Å². The van der Waals surface area contributed by atoms with Crippen molar-refractivity contribution in [2.45, 2.75) is 13.0 Å². The minimum Gasteiger partial charge on any atom is -0.344 e. The normalized spacial score (nSPS) is 11.9. The van der Waals surface area contributed by atoms with E-state index in [2.05, 4.69) is 42.2 Å². The molecule has 1 aromatic heterocycles.